The summed E-state index contributed by atoms with van der Waals surface area (Å²) < 4.78 is 5.79. The highest BCUT2D eigenvalue weighted by atomic mass is 32.1. The third-order valence-corrected chi connectivity index (χ3v) is 5.04. The second-order valence-electron chi connectivity index (χ2n) is 5.92. The molecule has 132 valence electrons. The van der Waals surface area contributed by atoms with Crippen molar-refractivity contribution in [2.75, 3.05) is 4.90 Å². The monoisotopic (exact) mass is 360 g/mol. The summed E-state index contributed by atoms with van der Waals surface area (Å²) in [5.74, 6) is -0.800. The van der Waals surface area contributed by atoms with Crippen LogP contribution in [-0.4, -0.2) is 34.1 Å². The lowest BCUT2D eigenvalue weighted by Gasteiger charge is -2.37. The van der Waals surface area contributed by atoms with Crippen molar-refractivity contribution >= 4 is 28.9 Å². The van der Waals surface area contributed by atoms with Crippen LogP contribution >= 0.6 is 11.3 Å². The molecule has 2 heterocycles. The summed E-state index contributed by atoms with van der Waals surface area (Å²) >= 11 is 1.54. The number of carbonyl (C=O) groups excluding carboxylic acids is 1. The number of aromatic nitrogens is 1. The molecule has 1 aliphatic rings. The number of carboxylic acids is 1. The van der Waals surface area contributed by atoms with E-state index in [9.17, 15) is 14.7 Å². The number of ether oxygens (including phenoxy) is 1. The first-order valence-electron chi connectivity index (χ1n) is 8.25. The van der Waals surface area contributed by atoms with E-state index in [1.54, 1.807) is 30.4 Å². The molecule has 0 radical (unpaired) electrons. The number of benzene rings is 1. The van der Waals surface area contributed by atoms with Crippen LogP contribution in [-0.2, 0) is 9.59 Å². The molecular formula is C18H20N2O4S. The summed E-state index contributed by atoms with van der Waals surface area (Å²) in [7, 11) is 0. The van der Waals surface area contributed by atoms with Gasteiger partial charge >= 0.3 is 5.97 Å². The molecule has 1 aliphatic heterocycles. The number of thiazole rings is 1. The van der Waals surface area contributed by atoms with Crippen molar-refractivity contribution in [1.29, 1.82) is 0 Å². The van der Waals surface area contributed by atoms with Gasteiger partial charge in [-0.3, -0.25) is 9.69 Å². The van der Waals surface area contributed by atoms with Crippen LogP contribution in [0.3, 0.4) is 0 Å². The van der Waals surface area contributed by atoms with Crippen LogP contribution in [0.4, 0.5) is 5.69 Å². The van der Waals surface area contributed by atoms with Crippen LogP contribution in [0.25, 0.3) is 11.3 Å². The van der Waals surface area contributed by atoms with E-state index in [2.05, 4.69) is 4.98 Å². The number of hydrogen-bond donors (Lipinski definition) is 1. The van der Waals surface area contributed by atoms with E-state index in [0.717, 1.165) is 16.3 Å². The first-order chi connectivity index (χ1) is 12.0. The molecule has 25 heavy (non-hydrogen) atoms. The van der Waals surface area contributed by atoms with Crippen molar-refractivity contribution in [1.82, 2.24) is 4.98 Å². The van der Waals surface area contributed by atoms with Crippen molar-refractivity contribution in [3.05, 3.63) is 28.6 Å². The van der Waals surface area contributed by atoms with Gasteiger partial charge in [0.15, 0.2) is 6.10 Å². The van der Waals surface area contributed by atoms with Crippen LogP contribution in [0.15, 0.2) is 23.6 Å². The van der Waals surface area contributed by atoms with E-state index >= 15 is 0 Å². The quantitative estimate of drug-likeness (QED) is 0.883. The van der Waals surface area contributed by atoms with Crippen molar-refractivity contribution in [2.24, 2.45) is 0 Å². The van der Waals surface area contributed by atoms with Crippen molar-refractivity contribution in [2.45, 2.75) is 45.8 Å². The van der Waals surface area contributed by atoms with Gasteiger partial charge in [-0.2, -0.15) is 0 Å². The molecule has 3 rings (SSSR count). The van der Waals surface area contributed by atoms with Gasteiger partial charge in [-0.05, 0) is 38.0 Å². The zero-order chi connectivity index (χ0) is 18.1. The zero-order valence-corrected chi connectivity index (χ0v) is 15.2. The van der Waals surface area contributed by atoms with Crippen LogP contribution in [0.2, 0.25) is 0 Å². The number of nitrogens with zero attached hydrogens (tertiary/aromatic N) is 2. The molecule has 2 atom stereocenters. The summed E-state index contributed by atoms with van der Waals surface area (Å²) in [6.07, 6.45) is 0.141. The fourth-order valence-electron chi connectivity index (χ4n) is 2.99. The van der Waals surface area contributed by atoms with Crippen LogP contribution < -0.4 is 9.64 Å². The minimum atomic E-state index is -1.02. The predicted octanol–water partition coefficient (Wildman–Crippen LogP) is 3.49. The second-order valence-corrected chi connectivity index (χ2v) is 6.98. The summed E-state index contributed by atoms with van der Waals surface area (Å²) in [6, 6.07) is 4.54. The number of hydrogen-bond acceptors (Lipinski definition) is 5. The van der Waals surface area contributed by atoms with Crippen molar-refractivity contribution < 1.29 is 19.4 Å². The maximum absolute atomic E-state index is 12.8. The summed E-state index contributed by atoms with van der Waals surface area (Å²) in [4.78, 5) is 30.3. The van der Waals surface area contributed by atoms with Gasteiger partial charge in [-0.1, -0.05) is 13.8 Å². The minimum absolute atomic E-state index is 0.309. The molecule has 1 aromatic carbocycles. The molecule has 0 spiro atoms. The molecular weight excluding hydrogens is 340 g/mol. The molecule has 1 amide bonds. The SMILES string of the molecule is CCC1Oc2ccc(-c3csc(C)n3)cc2N(C(CC)C(=O)O)C1=O. The highest BCUT2D eigenvalue weighted by molar-refractivity contribution is 7.09. The van der Waals surface area contributed by atoms with Crippen LogP contribution in [0.1, 0.15) is 31.7 Å². The Bertz CT molecular complexity index is 817. The lowest BCUT2D eigenvalue weighted by atomic mass is 10.0. The molecule has 0 fully saturated rings. The highest BCUT2D eigenvalue weighted by Crippen LogP contribution is 2.39. The van der Waals surface area contributed by atoms with E-state index in [4.69, 9.17) is 4.74 Å². The Morgan fingerprint density at radius 3 is 2.76 bits per heavy atom. The smallest absolute Gasteiger partial charge is 0.326 e. The first-order valence-corrected chi connectivity index (χ1v) is 9.13. The fraction of sp³-hybridized carbons (Fsp3) is 0.389. The molecule has 1 aromatic heterocycles. The Morgan fingerprint density at radius 1 is 1.44 bits per heavy atom. The largest absolute Gasteiger partial charge is 0.480 e. The number of rotatable bonds is 5. The number of fused-ring (bicyclic) bond motifs is 1. The average Bonchev–Trinajstić information content (AvgIpc) is 3.03. The number of amides is 1. The maximum atomic E-state index is 12.8. The van der Waals surface area contributed by atoms with Crippen LogP contribution in [0, 0.1) is 6.92 Å². The molecule has 0 saturated heterocycles. The number of carboxylic acid groups (broad SMARTS) is 1. The summed E-state index contributed by atoms with van der Waals surface area (Å²) in [6.45, 7) is 5.53. The fourth-order valence-corrected chi connectivity index (χ4v) is 3.61. The standard InChI is InChI=1S/C18H20N2O4S/c1-4-13(18(22)23)20-14-8-11(12-9-25-10(3)19-12)6-7-16(14)24-15(5-2)17(20)21/h6-9,13,15H,4-5H2,1-3H3,(H,22,23). The highest BCUT2D eigenvalue weighted by Gasteiger charge is 2.39. The maximum Gasteiger partial charge on any atom is 0.326 e. The number of aliphatic carboxylic acids is 1. The van der Waals surface area contributed by atoms with Gasteiger partial charge in [0, 0.05) is 10.9 Å². The van der Waals surface area contributed by atoms with Crippen LogP contribution in [0.5, 0.6) is 5.75 Å². The Morgan fingerprint density at radius 2 is 2.20 bits per heavy atom. The van der Waals surface area contributed by atoms with Gasteiger partial charge in [-0.25, -0.2) is 9.78 Å². The molecule has 0 aliphatic carbocycles. The van der Waals surface area contributed by atoms with Gasteiger partial charge in [0.25, 0.3) is 5.91 Å². The zero-order valence-electron chi connectivity index (χ0n) is 14.4. The Balaban J connectivity index is 2.12. The van der Waals surface area contributed by atoms with Gasteiger partial charge in [0.2, 0.25) is 0 Å². The molecule has 0 bridgehead atoms. The third kappa shape index (κ3) is 3.11. The minimum Gasteiger partial charge on any atom is -0.480 e. The van der Waals surface area contributed by atoms with Gasteiger partial charge in [0.05, 0.1) is 16.4 Å². The lowest BCUT2D eigenvalue weighted by molar-refractivity contribution is -0.141. The van der Waals surface area contributed by atoms with E-state index in [-0.39, 0.29) is 5.91 Å². The molecule has 1 N–H and O–H groups in total. The molecule has 0 saturated carbocycles. The second kappa shape index (κ2) is 6.84. The van der Waals surface area contributed by atoms with E-state index in [1.807, 2.05) is 25.3 Å². The predicted molar refractivity (Wildman–Crippen MR) is 96.2 cm³/mol. The number of anilines is 1. The first kappa shape index (κ1) is 17.4. The normalized spacial score (nSPS) is 17.8. The van der Waals surface area contributed by atoms with Crippen molar-refractivity contribution in [3.63, 3.8) is 0 Å². The number of aryl methyl sites for hydroxylation is 1. The lowest BCUT2D eigenvalue weighted by Crippen LogP contribution is -2.53. The van der Waals surface area contributed by atoms with E-state index < -0.39 is 18.1 Å². The molecule has 6 nitrogen and oxygen atoms in total. The molecule has 2 unspecified atom stereocenters. The van der Waals surface area contributed by atoms with Gasteiger partial charge in [-0.15, -0.1) is 11.3 Å². The van der Waals surface area contributed by atoms with Gasteiger partial charge < -0.3 is 9.84 Å². The Hall–Kier alpha value is -2.41. The molecule has 2 aromatic rings. The van der Waals surface area contributed by atoms with Gasteiger partial charge in [0.1, 0.15) is 11.8 Å². The average molecular weight is 360 g/mol. The number of carbonyl (C=O) groups is 2. The topological polar surface area (TPSA) is 79.7 Å². The third-order valence-electron chi connectivity index (χ3n) is 4.27. The van der Waals surface area contributed by atoms with Crippen molar-refractivity contribution in [3.8, 4) is 17.0 Å². The Kier molecular flexibility index (Phi) is 4.76. The Labute approximate surface area is 150 Å². The summed E-state index contributed by atoms with van der Waals surface area (Å²) in [5, 5.41) is 12.5. The van der Waals surface area contributed by atoms with E-state index in [1.165, 1.54) is 4.90 Å². The van der Waals surface area contributed by atoms with E-state index in [0.29, 0.717) is 24.3 Å². The molecule has 7 heteroatoms. The summed E-state index contributed by atoms with van der Waals surface area (Å²) in [5.41, 5.74) is 2.13.